The van der Waals surface area contributed by atoms with Gasteiger partial charge >= 0.3 is 10.3 Å². The number of rotatable bonds is 8. The Labute approximate surface area is 172 Å². The number of hydrogen-bond acceptors (Lipinski definition) is 5. The second-order valence-electron chi connectivity index (χ2n) is 7.65. The predicted molar refractivity (Wildman–Crippen MR) is 115 cm³/mol. The number of nitrogens with two attached hydrogens (primary N) is 2. The summed E-state index contributed by atoms with van der Waals surface area (Å²) in [5, 5.41) is 7.94. The standard InChI is InChI=1S/C21H29N3O4S/c1-13(2)17-11-16(12-18(14(3)4)20(17)28-29(23,26)27)24-21(25)19(22)10-15-8-6-5-7-9-15/h5-9,11-14,19H,10,22H2,1-4H3,(H,24,25)(H2,23,26,27)/t19-/m0/s1. The fraction of sp³-hybridized carbons (Fsp3) is 0.381. The average molecular weight is 420 g/mol. The topological polar surface area (TPSA) is 125 Å². The van der Waals surface area contributed by atoms with Gasteiger partial charge in [-0.15, -0.1) is 0 Å². The van der Waals surface area contributed by atoms with Gasteiger partial charge in [-0.1, -0.05) is 58.0 Å². The van der Waals surface area contributed by atoms with E-state index in [-0.39, 0.29) is 23.5 Å². The van der Waals surface area contributed by atoms with Gasteiger partial charge in [0.05, 0.1) is 6.04 Å². The van der Waals surface area contributed by atoms with Gasteiger partial charge in [-0.05, 0) is 36.0 Å². The molecule has 0 fully saturated rings. The Morgan fingerprint density at radius 2 is 1.55 bits per heavy atom. The summed E-state index contributed by atoms with van der Waals surface area (Å²) in [5.74, 6) is -0.222. The van der Waals surface area contributed by atoms with Crippen LogP contribution in [0.2, 0.25) is 0 Å². The molecule has 158 valence electrons. The van der Waals surface area contributed by atoms with Gasteiger partial charge in [0.1, 0.15) is 0 Å². The van der Waals surface area contributed by atoms with Crippen LogP contribution in [0.3, 0.4) is 0 Å². The molecule has 2 aromatic rings. The third-order valence-electron chi connectivity index (χ3n) is 4.49. The SMILES string of the molecule is CC(C)c1cc(NC(=O)[C@@H](N)Cc2ccccc2)cc(C(C)C)c1OS(N)(=O)=O. The normalized spacial score (nSPS) is 12.8. The fourth-order valence-corrected chi connectivity index (χ4v) is 3.44. The van der Waals surface area contributed by atoms with Gasteiger partial charge in [-0.3, -0.25) is 4.79 Å². The molecule has 0 unspecified atom stereocenters. The lowest BCUT2D eigenvalue weighted by Crippen LogP contribution is -2.37. The van der Waals surface area contributed by atoms with Crippen LogP contribution in [0.5, 0.6) is 5.75 Å². The molecule has 0 heterocycles. The van der Waals surface area contributed by atoms with Crippen molar-refractivity contribution >= 4 is 21.9 Å². The Bertz CT molecular complexity index is 928. The van der Waals surface area contributed by atoms with E-state index in [2.05, 4.69) is 5.32 Å². The summed E-state index contributed by atoms with van der Waals surface area (Å²) >= 11 is 0. The first-order valence-electron chi connectivity index (χ1n) is 9.48. The number of carbonyl (C=O) groups is 1. The molecule has 2 aromatic carbocycles. The van der Waals surface area contributed by atoms with Crippen LogP contribution in [0.15, 0.2) is 42.5 Å². The van der Waals surface area contributed by atoms with Crippen molar-refractivity contribution in [2.45, 2.75) is 52.0 Å². The van der Waals surface area contributed by atoms with Crippen LogP contribution in [0.4, 0.5) is 5.69 Å². The van der Waals surface area contributed by atoms with Gasteiger partial charge in [0, 0.05) is 16.8 Å². The van der Waals surface area contributed by atoms with Gasteiger partial charge in [0.25, 0.3) is 0 Å². The van der Waals surface area contributed by atoms with Crippen molar-refractivity contribution in [1.29, 1.82) is 0 Å². The first kappa shape index (κ1) is 22.9. The summed E-state index contributed by atoms with van der Waals surface area (Å²) in [6.07, 6.45) is 0.410. The highest BCUT2D eigenvalue weighted by molar-refractivity contribution is 7.84. The molecule has 5 N–H and O–H groups in total. The number of benzene rings is 2. The summed E-state index contributed by atoms with van der Waals surface area (Å²) in [5.41, 5.74) is 8.85. The van der Waals surface area contributed by atoms with Crippen molar-refractivity contribution in [3.8, 4) is 5.75 Å². The summed E-state index contributed by atoms with van der Waals surface area (Å²) < 4.78 is 28.2. The zero-order valence-corrected chi connectivity index (χ0v) is 18.0. The third kappa shape index (κ3) is 6.56. The van der Waals surface area contributed by atoms with E-state index < -0.39 is 16.3 Å². The molecule has 7 nitrogen and oxygen atoms in total. The maximum atomic E-state index is 12.6. The Hall–Kier alpha value is -2.42. The van der Waals surface area contributed by atoms with E-state index in [1.54, 1.807) is 12.1 Å². The molecule has 8 heteroatoms. The Kier molecular flexibility index (Phi) is 7.40. The Morgan fingerprint density at radius 3 is 2.00 bits per heavy atom. The van der Waals surface area contributed by atoms with Crippen molar-refractivity contribution in [2.75, 3.05) is 5.32 Å². The molecule has 1 atom stereocenters. The Balaban J connectivity index is 2.34. The molecule has 0 aliphatic rings. The highest BCUT2D eigenvalue weighted by atomic mass is 32.2. The van der Waals surface area contributed by atoms with Crippen LogP contribution in [-0.2, 0) is 21.5 Å². The van der Waals surface area contributed by atoms with E-state index >= 15 is 0 Å². The van der Waals surface area contributed by atoms with E-state index in [4.69, 9.17) is 15.1 Å². The van der Waals surface area contributed by atoms with Crippen LogP contribution in [0.1, 0.15) is 56.2 Å². The molecule has 0 aliphatic carbocycles. The van der Waals surface area contributed by atoms with Gasteiger partial charge < -0.3 is 15.2 Å². The minimum Gasteiger partial charge on any atom is -0.370 e. The predicted octanol–water partition coefficient (Wildman–Crippen LogP) is 3.02. The second kappa shape index (κ2) is 9.39. The highest BCUT2D eigenvalue weighted by Crippen LogP contribution is 2.38. The highest BCUT2D eigenvalue weighted by Gasteiger charge is 2.22. The number of nitrogens with one attached hydrogen (secondary N) is 1. The maximum Gasteiger partial charge on any atom is 0.380 e. The van der Waals surface area contributed by atoms with Crippen molar-refractivity contribution in [3.63, 3.8) is 0 Å². The second-order valence-corrected chi connectivity index (χ2v) is 8.81. The lowest BCUT2D eigenvalue weighted by Gasteiger charge is -2.21. The zero-order chi connectivity index (χ0) is 21.8. The van der Waals surface area contributed by atoms with Crippen molar-refractivity contribution in [2.24, 2.45) is 10.9 Å². The molecule has 0 radical (unpaired) electrons. The van der Waals surface area contributed by atoms with Gasteiger partial charge in [0.15, 0.2) is 5.75 Å². The zero-order valence-electron chi connectivity index (χ0n) is 17.2. The quantitative estimate of drug-likeness (QED) is 0.606. The summed E-state index contributed by atoms with van der Waals surface area (Å²) in [6.45, 7) is 7.62. The van der Waals surface area contributed by atoms with Crippen LogP contribution >= 0.6 is 0 Å². The average Bonchev–Trinajstić information content (AvgIpc) is 2.61. The first-order chi connectivity index (χ1) is 13.5. The van der Waals surface area contributed by atoms with E-state index in [1.165, 1.54) is 0 Å². The molecule has 0 spiro atoms. The third-order valence-corrected chi connectivity index (χ3v) is 4.89. The van der Waals surface area contributed by atoms with Crippen molar-refractivity contribution < 1.29 is 17.4 Å². The molecule has 0 saturated heterocycles. The molecular formula is C21H29N3O4S. The molecule has 29 heavy (non-hydrogen) atoms. The lowest BCUT2D eigenvalue weighted by molar-refractivity contribution is -0.117. The van der Waals surface area contributed by atoms with Gasteiger partial charge in [0.2, 0.25) is 5.91 Å². The van der Waals surface area contributed by atoms with Crippen LogP contribution in [-0.4, -0.2) is 20.4 Å². The van der Waals surface area contributed by atoms with Gasteiger partial charge in [-0.2, -0.15) is 13.6 Å². The molecule has 0 bridgehead atoms. The lowest BCUT2D eigenvalue weighted by atomic mass is 9.93. The molecule has 0 aliphatic heterocycles. The van der Waals surface area contributed by atoms with Crippen LogP contribution in [0, 0.1) is 0 Å². The van der Waals surface area contributed by atoms with E-state index in [9.17, 15) is 13.2 Å². The minimum absolute atomic E-state index is 0.0564. The summed E-state index contributed by atoms with van der Waals surface area (Å²) in [6, 6.07) is 12.2. The molecule has 2 rings (SSSR count). The van der Waals surface area contributed by atoms with Gasteiger partial charge in [-0.25, -0.2) is 0 Å². The largest absolute Gasteiger partial charge is 0.380 e. The molecule has 0 aromatic heterocycles. The molecular weight excluding hydrogens is 390 g/mol. The molecule has 0 saturated carbocycles. The minimum atomic E-state index is -4.18. The van der Waals surface area contributed by atoms with E-state index in [0.29, 0.717) is 23.2 Å². The smallest absolute Gasteiger partial charge is 0.370 e. The van der Waals surface area contributed by atoms with Crippen molar-refractivity contribution in [1.82, 2.24) is 0 Å². The summed E-state index contributed by atoms with van der Waals surface area (Å²) in [4.78, 5) is 12.6. The van der Waals surface area contributed by atoms with E-state index in [0.717, 1.165) is 5.56 Å². The number of anilines is 1. The number of hydrogen-bond donors (Lipinski definition) is 3. The monoisotopic (exact) mass is 419 g/mol. The van der Waals surface area contributed by atoms with Crippen molar-refractivity contribution in [3.05, 3.63) is 59.2 Å². The van der Waals surface area contributed by atoms with Crippen LogP contribution < -0.4 is 20.4 Å². The Morgan fingerprint density at radius 1 is 1.03 bits per heavy atom. The summed E-state index contributed by atoms with van der Waals surface area (Å²) in [7, 11) is -4.18. The number of amides is 1. The maximum absolute atomic E-state index is 12.6. The molecule has 1 amide bonds. The fourth-order valence-electron chi connectivity index (χ4n) is 3.01. The van der Waals surface area contributed by atoms with Crippen LogP contribution in [0.25, 0.3) is 0 Å². The van der Waals surface area contributed by atoms with E-state index in [1.807, 2.05) is 58.0 Å². The number of carbonyl (C=O) groups excluding carboxylic acids is 1. The first-order valence-corrected chi connectivity index (χ1v) is 11.0.